The standard InChI is InChI=1S/C13H20N4O5S/c1-22-13-3-2-11(10-12(13)17(18)19)23(20,21)15-6-9-16-7-4-14-5-8-16/h2-3,10,14-15H,4-9H2,1H3. The Morgan fingerprint density at radius 3 is 2.70 bits per heavy atom. The molecule has 1 aliphatic heterocycles. The highest BCUT2D eigenvalue weighted by Crippen LogP contribution is 2.29. The van der Waals surface area contributed by atoms with Crippen molar-refractivity contribution in [2.24, 2.45) is 0 Å². The number of sulfonamides is 1. The normalized spacial score (nSPS) is 16.2. The molecule has 0 atom stereocenters. The number of nitrogens with zero attached hydrogens (tertiary/aromatic N) is 2. The van der Waals surface area contributed by atoms with E-state index in [1.165, 1.54) is 19.2 Å². The minimum atomic E-state index is -3.79. The van der Waals surface area contributed by atoms with E-state index in [1.54, 1.807) is 0 Å². The van der Waals surface area contributed by atoms with E-state index in [9.17, 15) is 18.5 Å². The van der Waals surface area contributed by atoms with Crippen LogP contribution in [0.15, 0.2) is 23.1 Å². The summed E-state index contributed by atoms with van der Waals surface area (Å²) in [5.74, 6) is 0.0229. The van der Waals surface area contributed by atoms with Gasteiger partial charge in [0.2, 0.25) is 10.0 Å². The van der Waals surface area contributed by atoms with Gasteiger partial charge in [-0.25, -0.2) is 13.1 Å². The van der Waals surface area contributed by atoms with Crippen LogP contribution in [0.1, 0.15) is 0 Å². The quantitative estimate of drug-likeness (QED) is 0.519. The molecule has 0 saturated carbocycles. The summed E-state index contributed by atoms with van der Waals surface area (Å²) in [5.41, 5.74) is -0.377. The van der Waals surface area contributed by atoms with Crippen molar-refractivity contribution in [1.29, 1.82) is 0 Å². The van der Waals surface area contributed by atoms with Crippen molar-refractivity contribution < 1.29 is 18.1 Å². The van der Waals surface area contributed by atoms with Crippen LogP contribution in [0.5, 0.6) is 5.75 Å². The first kappa shape index (κ1) is 17.6. The van der Waals surface area contributed by atoms with Gasteiger partial charge < -0.3 is 10.1 Å². The maximum atomic E-state index is 12.2. The SMILES string of the molecule is COc1ccc(S(=O)(=O)NCCN2CCNCC2)cc1[N+](=O)[O-]. The van der Waals surface area contributed by atoms with E-state index in [0.29, 0.717) is 6.54 Å². The number of nitro benzene ring substituents is 1. The van der Waals surface area contributed by atoms with Gasteiger partial charge >= 0.3 is 5.69 Å². The van der Waals surface area contributed by atoms with Crippen LogP contribution >= 0.6 is 0 Å². The smallest absolute Gasteiger partial charge is 0.312 e. The van der Waals surface area contributed by atoms with Gasteiger partial charge in [0, 0.05) is 45.3 Å². The fraction of sp³-hybridized carbons (Fsp3) is 0.538. The molecule has 1 aromatic carbocycles. The third kappa shape index (κ3) is 4.61. The number of nitro groups is 1. The topological polar surface area (TPSA) is 114 Å². The van der Waals surface area contributed by atoms with Crippen molar-refractivity contribution in [2.75, 3.05) is 46.4 Å². The minimum Gasteiger partial charge on any atom is -0.490 e. The number of hydrogen-bond acceptors (Lipinski definition) is 7. The molecule has 9 nitrogen and oxygen atoms in total. The zero-order valence-electron chi connectivity index (χ0n) is 12.8. The summed E-state index contributed by atoms with van der Waals surface area (Å²) in [7, 11) is -2.50. The van der Waals surface area contributed by atoms with E-state index >= 15 is 0 Å². The second kappa shape index (κ2) is 7.68. The second-order valence-electron chi connectivity index (χ2n) is 5.08. The Morgan fingerprint density at radius 2 is 2.09 bits per heavy atom. The average molecular weight is 344 g/mol. The summed E-state index contributed by atoms with van der Waals surface area (Å²) in [5, 5.41) is 14.2. The Morgan fingerprint density at radius 1 is 1.39 bits per heavy atom. The zero-order valence-corrected chi connectivity index (χ0v) is 13.6. The van der Waals surface area contributed by atoms with Gasteiger partial charge in [-0.2, -0.15) is 0 Å². The van der Waals surface area contributed by atoms with Crippen molar-refractivity contribution in [1.82, 2.24) is 14.9 Å². The zero-order chi connectivity index (χ0) is 16.9. The van der Waals surface area contributed by atoms with Crippen LogP contribution in [0.2, 0.25) is 0 Å². The predicted molar refractivity (Wildman–Crippen MR) is 84.1 cm³/mol. The first-order valence-corrected chi connectivity index (χ1v) is 8.67. The average Bonchev–Trinajstić information content (AvgIpc) is 2.55. The van der Waals surface area contributed by atoms with Crippen molar-refractivity contribution in [3.8, 4) is 5.75 Å². The molecule has 2 rings (SSSR count). The fourth-order valence-corrected chi connectivity index (χ4v) is 3.38. The summed E-state index contributed by atoms with van der Waals surface area (Å²) in [4.78, 5) is 12.3. The number of ether oxygens (including phenoxy) is 1. The lowest BCUT2D eigenvalue weighted by atomic mass is 10.3. The molecule has 0 bridgehead atoms. The van der Waals surface area contributed by atoms with Crippen LogP contribution in [0.25, 0.3) is 0 Å². The Labute approximate surface area is 134 Å². The Bertz CT molecular complexity index is 658. The van der Waals surface area contributed by atoms with E-state index in [2.05, 4.69) is 14.9 Å². The van der Waals surface area contributed by atoms with E-state index in [-0.39, 0.29) is 22.9 Å². The van der Waals surface area contributed by atoms with Crippen LogP contribution in [-0.2, 0) is 10.0 Å². The minimum absolute atomic E-state index is 0.0229. The molecule has 1 fully saturated rings. The Balaban J connectivity index is 2.03. The number of benzene rings is 1. The highest BCUT2D eigenvalue weighted by molar-refractivity contribution is 7.89. The monoisotopic (exact) mass is 344 g/mol. The molecule has 1 aromatic rings. The van der Waals surface area contributed by atoms with E-state index < -0.39 is 14.9 Å². The molecule has 23 heavy (non-hydrogen) atoms. The number of rotatable bonds is 7. The number of methoxy groups -OCH3 is 1. The van der Waals surface area contributed by atoms with Gasteiger partial charge in [0.15, 0.2) is 5.75 Å². The molecule has 2 N–H and O–H groups in total. The lowest BCUT2D eigenvalue weighted by Crippen LogP contribution is -2.46. The van der Waals surface area contributed by atoms with Gasteiger partial charge in [0.05, 0.1) is 16.9 Å². The molecule has 0 spiro atoms. The third-order valence-corrected chi connectivity index (χ3v) is 5.05. The summed E-state index contributed by atoms with van der Waals surface area (Å²) < 4.78 is 31.8. The van der Waals surface area contributed by atoms with Gasteiger partial charge in [-0.15, -0.1) is 0 Å². The summed E-state index contributed by atoms with van der Waals surface area (Å²) in [6.07, 6.45) is 0. The molecule has 10 heteroatoms. The van der Waals surface area contributed by atoms with Gasteiger partial charge in [0.1, 0.15) is 0 Å². The van der Waals surface area contributed by atoms with Crippen LogP contribution in [0, 0.1) is 10.1 Å². The Kier molecular flexibility index (Phi) is 5.88. The highest BCUT2D eigenvalue weighted by atomic mass is 32.2. The van der Waals surface area contributed by atoms with Gasteiger partial charge in [-0.05, 0) is 12.1 Å². The third-order valence-electron chi connectivity index (χ3n) is 3.59. The van der Waals surface area contributed by atoms with Crippen LogP contribution in [0.3, 0.4) is 0 Å². The largest absolute Gasteiger partial charge is 0.490 e. The first-order chi connectivity index (χ1) is 10.9. The molecule has 1 saturated heterocycles. The summed E-state index contributed by atoms with van der Waals surface area (Å²) in [6.45, 7) is 4.36. The van der Waals surface area contributed by atoms with Gasteiger partial charge in [-0.1, -0.05) is 0 Å². The lowest BCUT2D eigenvalue weighted by Gasteiger charge is -2.27. The fourth-order valence-electron chi connectivity index (χ4n) is 2.34. The van der Waals surface area contributed by atoms with Crippen LogP contribution < -0.4 is 14.8 Å². The summed E-state index contributed by atoms with van der Waals surface area (Å²) in [6, 6.07) is 3.58. The molecule has 0 unspecified atom stereocenters. The number of hydrogen-bond donors (Lipinski definition) is 2. The molecule has 1 aliphatic rings. The van der Waals surface area contributed by atoms with E-state index in [4.69, 9.17) is 4.74 Å². The Hall–Kier alpha value is -1.75. The van der Waals surface area contributed by atoms with E-state index in [1.807, 2.05) is 0 Å². The summed E-state index contributed by atoms with van der Waals surface area (Å²) >= 11 is 0. The molecule has 1 heterocycles. The maximum Gasteiger partial charge on any atom is 0.312 e. The van der Waals surface area contributed by atoms with Crippen LogP contribution in [0.4, 0.5) is 5.69 Å². The van der Waals surface area contributed by atoms with Crippen molar-refractivity contribution in [2.45, 2.75) is 4.90 Å². The predicted octanol–water partition coefficient (Wildman–Crippen LogP) is -0.213. The van der Waals surface area contributed by atoms with Crippen molar-refractivity contribution in [3.05, 3.63) is 28.3 Å². The van der Waals surface area contributed by atoms with E-state index in [0.717, 1.165) is 32.2 Å². The van der Waals surface area contributed by atoms with Crippen molar-refractivity contribution >= 4 is 15.7 Å². The lowest BCUT2D eigenvalue weighted by molar-refractivity contribution is -0.386. The molecular weight excluding hydrogens is 324 g/mol. The molecule has 0 aromatic heterocycles. The van der Waals surface area contributed by atoms with Crippen LogP contribution in [-0.4, -0.2) is 64.6 Å². The second-order valence-corrected chi connectivity index (χ2v) is 6.85. The maximum absolute atomic E-state index is 12.2. The highest BCUT2D eigenvalue weighted by Gasteiger charge is 2.22. The first-order valence-electron chi connectivity index (χ1n) is 7.19. The number of piperazine rings is 1. The van der Waals surface area contributed by atoms with Gasteiger partial charge in [-0.3, -0.25) is 15.0 Å². The van der Waals surface area contributed by atoms with Crippen molar-refractivity contribution in [3.63, 3.8) is 0 Å². The molecular formula is C13H20N4O5S. The van der Waals surface area contributed by atoms with Gasteiger partial charge in [0.25, 0.3) is 0 Å². The molecule has 0 radical (unpaired) electrons. The molecule has 0 aliphatic carbocycles. The molecule has 128 valence electrons. The molecule has 0 amide bonds. The number of nitrogens with one attached hydrogen (secondary N) is 2.